The lowest BCUT2D eigenvalue weighted by Crippen LogP contribution is -2.39. The quantitative estimate of drug-likeness (QED) is 0.724. The molecule has 0 heterocycles. The summed E-state index contributed by atoms with van der Waals surface area (Å²) in [5.41, 5.74) is 0. The number of nitrogens with one attached hydrogen (secondary N) is 1. The first kappa shape index (κ1) is 16.3. The highest BCUT2D eigenvalue weighted by Gasteiger charge is 2.35. The molecule has 0 amide bonds. The maximum absolute atomic E-state index is 3.72. The highest BCUT2D eigenvalue weighted by atomic mass is 14.9. The summed E-state index contributed by atoms with van der Waals surface area (Å²) in [6, 6.07) is 0.644. The van der Waals surface area contributed by atoms with Gasteiger partial charge in [0.15, 0.2) is 0 Å². The minimum atomic E-state index is 0.644. The van der Waals surface area contributed by atoms with E-state index >= 15 is 0 Å². The molecule has 1 nitrogen and oxygen atoms in total. The highest BCUT2D eigenvalue weighted by molar-refractivity contribution is 4.87. The Morgan fingerprint density at radius 3 is 2.30 bits per heavy atom. The van der Waals surface area contributed by atoms with Gasteiger partial charge in [-0.2, -0.15) is 0 Å². The van der Waals surface area contributed by atoms with Gasteiger partial charge in [-0.25, -0.2) is 0 Å². The first-order valence-corrected chi connectivity index (χ1v) is 9.33. The average molecular weight is 280 g/mol. The summed E-state index contributed by atoms with van der Waals surface area (Å²) in [5, 5.41) is 3.72. The highest BCUT2D eigenvalue weighted by Crippen LogP contribution is 2.44. The molecule has 3 unspecified atom stereocenters. The summed E-state index contributed by atoms with van der Waals surface area (Å²) in [5.74, 6) is 5.03. The minimum Gasteiger partial charge on any atom is -0.314 e. The number of hydrogen-bond donors (Lipinski definition) is 1. The summed E-state index contributed by atoms with van der Waals surface area (Å²) in [4.78, 5) is 0. The fourth-order valence-corrected chi connectivity index (χ4v) is 4.73. The van der Waals surface area contributed by atoms with Crippen molar-refractivity contribution in [3.8, 4) is 0 Å². The summed E-state index contributed by atoms with van der Waals surface area (Å²) in [6.07, 6.45) is 11.9. The predicted octanol–water partition coefficient (Wildman–Crippen LogP) is 5.25. The molecule has 1 heteroatoms. The SMILES string of the molecule is CCC1CCC(C2CC(C)CCC2CNC(C)C)CC1. The first-order chi connectivity index (χ1) is 9.60. The van der Waals surface area contributed by atoms with Crippen LogP contribution in [0.25, 0.3) is 0 Å². The molecule has 1 N–H and O–H groups in total. The molecular weight excluding hydrogens is 242 g/mol. The van der Waals surface area contributed by atoms with E-state index in [2.05, 4.69) is 33.0 Å². The molecule has 0 aromatic heterocycles. The summed E-state index contributed by atoms with van der Waals surface area (Å²) >= 11 is 0. The van der Waals surface area contributed by atoms with Gasteiger partial charge in [-0.05, 0) is 61.8 Å². The van der Waals surface area contributed by atoms with Gasteiger partial charge < -0.3 is 5.32 Å². The van der Waals surface area contributed by atoms with Gasteiger partial charge >= 0.3 is 0 Å². The lowest BCUT2D eigenvalue weighted by molar-refractivity contribution is 0.0869. The summed E-state index contributed by atoms with van der Waals surface area (Å²) in [6.45, 7) is 10.7. The molecule has 0 saturated heterocycles. The number of hydrogen-bond acceptors (Lipinski definition) is 1. The van der Waals surface area contributed by atoms with Crippen LogP contribution in [0.15, 0.2) is 0 Å². The molecule has 2 saturated carbocycles. The zero-order valence-corrected chi connectivity index (χ0v) is 14.3. The molecule has 2 rings (SSSR count). The molecule has 0 aromatic rings. The lowest BCUT2D eigenvalue weighted by atomic mass is 9.64. The van der Waals surface area contributed by atoms with E-state index in [4.69, 9.17) is 0 Å². The Bertz CT molecular complexity index is 265. The number of rotatable bonds is 5. The normalized spacial score (nSPS) is 39.1. The van der Waals surface area contributed by atoms with Gasteiger partial charge in [-0.15, -0.1) is 0 Å². The third kappa shape index (κ3) is 4.48. The van der Waals surface area contributed by atoms with E-state index in [1.165, 1.54) is 57.9 Å². The van der Waals surface area contributed by atoms with Crippen molar-refractivity contribution in [2.24, 2.45) is 29.6 Å². The van der Waals surface area contributed by atoms with Crippen LogP contribution in [0.2, 0.25) is 0 Å². The Morgan fingerprint density at radius 2 is 1.70 bits per heavy atom. The van der Waals surface area contributed by atoms with Crippen LogP contribution in [-0.4, -0.2) is 12.6 Å². The minimum absolute atomic E-state index is 0.644. The van der Waals surface area contributed by atoms with Crippen molar-refractivity contribution in [1.29, 1.82) is 0 Å². The van der Waals surface area contributed by atoms with Crippen molar-refractivity contribution in [3.05, 3.63) is 0 Å². The van der Waals surface area contributed by atoms with Gasteiger partial charge in [-0.1, -0.05) is 53.4 Å². The Labute approximate surface area is 127 Å². The fourth-order valence-electron chi connectivity index (χ4n) is 4.73. The Kier molecular flexibility index (Phi) is 6.39. The van der Waals surface area contributed by atoms with Crippen LogP contribution in [0.1, 0.15) is 79.1 Å². The van der Waals surface area contributed by atoms with Crippen LogP contribution in [-0.2, 0) is 0 Å². The van der Waals surface area contributed by atoms with Crippen LogP contribution < -0.4 is 5.32 Å². The van der Waals surface area contributed by atoms with E-state index in [1.54, 1.807) is 0 Å². The Morgan fingerprint density at radius 1 is 1.00 bits per heavy atom. The molecule has 0 aromatic carbocycles. The van der Waals surface area contributed by atoms with Gasteiger partial charge in [0.05, 0.1) is 0 Å². The smallest absolute Gasteiger partial charge is 0.00104 e. The van der Waals surface area contributed by atoms with E-state index in [9.17, 15) is 0 Å². The lowest BCUT2D eigenvalue weighted by Gasteiger charge is -2.43. The van der Waals surface area contributed by atoms with Crippen molar-refractivity contribution in [2.45, 2.75) is 85.1 Å². The monoisotopic (exact) mass is 279 g/mol. The van der Waals surface area contributed by atoms with Crippen LogP contribution in [0, 0.1) is 29.6 Å². The second-order valence-electron chi connectivity index (χ2n) is 8.09. The van der Waals surface area contributed by atoms with Crippen LogP contribution in [0.5, 0.6) is 0 Å². The molecule has 118 valence electrons. The van der Waals surface area contributed by atoms with Gasteiger partial charge in [0.25, 0.3) is 0 Å². The van der Waals surface area contributed by atoms with Crippen molar-refractivity contribution in [3.63, 3.8) is 0 Å². The van der Waals surface area contributed by atoms with Crippen LogP contribution in [0.3, 0.4) is 0 Å². The van der Waals surface area contributed by atoms with Crippen molar-refractivity contribution in [2.75, 3.05) is 6.54 Å². The van der Waals surface area contributed by atoms with E-state index in [-0.39, 0.29) is 0 Å². The largest absolute Gasteiger partial charge is 0.314 e. The van der Waals surface area contributed by atoms with E-state index < -0.39 is 0 Å². The van der Waals surface area contributed by atoms with E-state index in [0.717, 1.165) is 29.6 Å². The molecule has 0 spiro atoms. The molecule has 2 fully saturated rings. The standard InChI is InChI=1S/C19H37N/c1-5-16-7-10-17(11-8-16)19-12-15(4)6-9-18(19)13-20-14(2)3/h14-20H,5-13H2,1-4H3. The molecule has 0 aliphatic heterocycles. The second-order valence-corrected chi connectivity index (χ2v) is 8.09. The van der Waals surface area contributed by atoms with Crippen LogP contribution in [0.4, 0.5) is 0 Å². The van der Waals surface area contributed by atoms with Gasteiger partial charge in [0, 0.05) is 6.04 Å². The zero-order valence-electron chi connectivity index (χ0n) is 14.3. The van der Waals surface area contributed by atoms with E-state index in [1.807, 2.05) is 0 Å². The first-order valence-electron chi connectivity index (χ1n) is 9.33. The third-order valence-corrected chi connectivity index (χ3v) is 6.17. The third-order valence-electron chi connectivity index (χ3n) is 6.17. The maximum Gasteiger partial charge on any atom is 0.00104 e. The molecule has 20 heavy (non-hydrogen) atoms. The van der Waals surface area contributed by atoms with Crippen LogP contribution >= 0.6 is 0 Å². The summed E-state index contributed by atoms with van der Waals surface area (Å²) < 4.78 is 0. The maximum atomic E-state index is 3.72. The fraction of sp³-hybridized carbons (Fsp3) is 1.00. The van der Waals surface area contributed by atoms with Crippen molar-refractivity contribution >= 4 is 0 Å². The topological polar surface area (TPSA) is 12.0 Å². The second kappa shape index (κ2) is 7.82. The zero-order chi connectivity index (χ0) is 14.5. The van der Waals surface area contributed by atoms with Gasteiger partial charge in [0.2, 0.25) is 0 Å². The molecule has 2 aliphatic carbocycles. The molecule has 2 aliphatic rings. The van der Waals surface area contributed by atoms with Crippen molar-refractivity contribution in [1.82, 2.24) is 5.32 Å². The molecule has 0 radical (unpaired) electrons. The Hall–Kier alpha value is -0.0400. The van der Waals surface area contributed by atoms with Gasteiger partial charge in [-0.3, -0.25) is 0 Å². The Balaban J connectivity index is 1.90. The average Bonchev–Trinajstić information content (AvgIpc) is 2.46. The molecular formula is C19H37N. The molecule has 0 bridgehead atoms. The predicted molar refractivity (Wildman–Crippen MR) is 88.9 cm³/mol. The van der Waals surface area contributed by atoms with E-state index in [0.29, 0.717) is 6.04 Å². The molecule has 3 atom stereocenters. The summed E-state index contributed by atoms with van der Waals surface area (Å²) in [7, 11) is 0. The van der Waals surface area contributed by atoms with Crippen molar-refractivity contribution < 1.29 is 0 Å². The van der Waals surface area contributed by atoms with Gasteiger partial charge in [0.1, 0.15) is 0 Å².